The van der Waals surface area contributed by atoms with Crippen molar-refractivity contribution in [2.75, 3.05) is 31.1 Å². The molecule has 0 bridgehead atoms. The van der Waals surface area contributed by atoms with Crippen LogP contribution in [-0.2, 0) is 0 Å². The van der Waals surface area contributed by atoms with E-state index in [4.69, 9.17) is 18.9 Å². The summed E-state index contributed by atoms with van der Waals surface area (Å²) in [6, 6.07) is 13.6. The van der Waals surface area contributed by atoms with Crippen LogP contribution < -0.4 is 29.6 Å². The molecule has 3 aromatic rings. The molecular formula is C24H21N3O8. The van der Waals surface area contributed by atoms with E-state index in [2.05, 4.69) is 10.6 Å². The van der Waals surface area contributed by atoms with Crippen LogP contribution in [-0.4, -0.2) is 37.2 Å². The zero-order valence-corrected chi connectivity index (χ0v) is 18.8. The van der Waals surface area contributed by atoms with Crippen molar-refractivity contribution in [1.29, 1.82) is 0 Å². The molecule has 0 fully saturated rings. The van der Waals surface area contributed by atoms with E-state index in [1.807, 2.05) is 0 Å². The second-order valence-corrected chi connectivity index (χ2v) is 7.23. The molecule has 2 N–H and O–H groups in total. The van der Waals surface area contributed by atoms with Gasteiger partial charge in [-0.15, -0.1) is 0 Å². The number of carbonyl (C=O) groups is 2. The average Bonchev–Trinajstić information content (AvgIpc) is 3.32. The molecule has 1 aliphatic heterocycles. The maximum atomic E-state index is 13.1. The van der Waals surface area contributed by atoms with E-state index < -0.39 is 22.4 Å². The van der Waals surface area contributed by atoms with Crippen molar-refractivity contribution in [3.05, 3.63) is 75.8 Å². The van der Waals surface area contributed by atoms with Crippen molar-refractivity contribution in [2.45, 2.75) is 6.92 Å². The lowest BCUT2D eigenvalue weighted by Gasteiger charge is -2.14. The smallest absolute Gasteiger partial charge is 0.286 e. The van der Waals surface area contributed by atoms with Gasteiger partial charge in [0, 0.05) is 17.8 Å². The zero-order valence-electron chi connectivity index (χ0n) is 18.8. The molecule has 0 aliphatic carbocycles. The van der Waals surface area contributed by atoms with Gasteiger partial charge in [0.05, 0.1) is 36.0 Å². The van der Waals surface area contributed by atoms with Gasteiger partial charge >= 0.3 is 0 Å². The number of amides is 2. The van der Waals surface area contributed by atoms with E-state index in [1.165, 1.54) is 25.3 Å². The Hall–Kier alpha value is -4.80. The van der Waals surface area contributed by atoms with Crippen LogP contribution in [0, 0.1) is 10.1 Å². The topological polar surface area (TPSA) is 138 Å². The first-order valence-corrected chi connectivity index (χ1v) is 10.5. The third-order valence-corrected chi connectivity index (χ3v) is 5.07. The summed E-state index contributed by atoms with van der Waals surface area (Å²) in [5, 5.41) is 17.0. The number of carbonyl (C=O) groups excluding carboxylic acids is 2. The van der Waals surface area contributed by atoms with Crippen molar-refractivity contribution >= 4 is 28.9 Å². The highest BCUT2D eigenvalue weighted by Crippen LogP contribution is 2.36. The Morgan fingerprint density at radius 2 is 1.71 bits per heavy atom. The normalized spacial score (nSPS) is 11.5. The fourth-order valence-electron chi connectivity index (χ4n) is 3.46. The first kappa shape index (κ1) is 23.4. The van der Waals surface area contributed by atoms with Gasteiger partial charge in [-0.05, 0) is 31.2 Å². The van der Waals surface area contributed by atoms with Gasteiger partial charge in [0.2, 0.25) is 6.79 Å². The largest absolute Gasteiger partial charge is 0.493 e. The molecule has 11 nitrogen and oxygen atoms in total. The first-order valence-electron chi connectivity index (χ1n) is 10.5. The van der Waals surface area contributed by atoms with Crippen LogP contribution in [0.3, 0.4) is 0 Å². The van der Waals surface area contributed by atoms with Crippen molar-refractivity contribution in [2.24, 2.45) is 0 Å². The number of ether oxygens (including phenoxy) is 4. The van der Waals surface area contributed by atoms with Crippen LogP contribution in [0.5, 0.6) is 23.0 Å². The van der Waals surface area contributed by atoms with Gasteiger partial charge in [-0.25, -0.2) is 0 Å². The maximum absolute atomic E-state index is 13.1. The number of rotatable bonds is 8. The maximum Gasteiger partial charge on any atom is 0.286 e. The molecule has 1 aliphatic rings. The van der Waals surface area contributed by atoms with Crippen molar-refractivity contribution in [1.82, 2.24) is 0 Å². The minimum atomic E-state index is -0.790. The molecule has 0 aromatic heterocycles. The number of para-hydroxylation sites is 1. The number of hydrogen-bond acceptors (Lipinski definition) is 8. The number of nitrogens with one attached hydrogen (secondary N) is 2. The van der Waals surface area contributed by atoms with Gasteiger partial charge in [0.25, 0.3) is 17.5 Å². The Morgan fingerprint density at radius 3 is 2.46 bits per heavy atom. The highest BCUT2D eigenvalue weighted by molar-refractivity contribution is 6.13. The van der Waals surface area contributed by atoms with E-state index in [0.29, 0.717) is 17.2 Å². The third-order valence-electron chi connectivity index (χ3n) is 5.07. The van der Waals surface area contributed by atoms with Crippen molar-refractivity contribution in [3.63, 3.8) is 0 Å². The van der Waals surface area contributed by atoms with Gasteiger partial charge in [-0.3, -0.25) is 19.7 Å². The van der Waals surface area contributed by atoms with E-state index in [1.54, 1.807) is 37.3 Å². The van der Waals surface area contributed by atoms with Gasteiger partial charge in [-0.2, -0.15) is 0 Å². The van der Waals surface area contributed by atoms with Crippen LogP contribution in [0.25, 0.3) is 0 Å². The fourth-order valence-corrected chi connectivity index (χ4v) is 3.46. The molecule has 0 unspecified atom stereocenters. The zero-order chi connectivity index (χ0) is 24.9. The minimum Gasteiger partial charge on any atom is -0.493 e. The number of nitro benzene ring substituents is 1. The molecular weight excluding hydrogens is 458 g/mol. The van der Waals surface area contributed by atoms with Crippen LogP contribution in [0.1, 0.15) is 27.6 Å². The monoisotopic (exact) mass is 479 g/mol. The number of methoxy groups -OCH3 is 1. The molecule has 180 valence electrons. The Kier molecular flexibility index (Phi) is 6.67. The summed E-state index contributed by atoms with van der Waals surface area (Å²) in [7, 11) is 1.36. The van der Waals surface area contributed by atoms with E-state index >= 15 is 0 Å². The molecule has 0 spiro atoms. The number of nitrogens with zero attached hydrogens (tertiary/aromatic N) is 1. The van der Waals surface area contributed by atoms with Crippen LogP contribution in [0.15, 0.2) is 54.6 Å². The SMILES string of the molecule is CCOc1cc([N+](=O)[O-])c(C(=O)Nc2ccccc2C(=O)Nc2ccc3c(c2)OCO3)cc1OC. The Balaban J connectivity index is 1.60. The van der Waals surface area contributed by atoms with Gasteiger partial charge < -0.3 is 29.6 Å². The molecule has 4 rings (SSSR count). The first-order chi connectivity index (χ1) is 16.9. The van der Waals surface area contributed by atoms with Gasteiger partial charge in [0.15, 0.2) is 23.0 Å². The summed E-state index contributed by atoms with van der Waals surface area (Å²) in [5.41, 5.74) is 0.0690. The summed E-state index contributed by atoms with van der Waals surface area (Å²) in [6.45, 7) is 2.08. The lowest BCUT2D eigenvalue weighted by atomic mass is 10.1. The van der Waals surface area contributed by atoms with Crippen LogP contribution in [0.2, 0.25) is 0 Å². The number of fused-ring (bicyclic) bond motifs is 1. The highest BCUT2D eigenvalue weighted by Gasteiger charge is 2.26. The Bertz CT molecular complexity index is 1310. The summed E-state index contributed by atoms with van der Waals surface area (Å²) in [5.74, 6) is 0.0855. The van der Waals surface area contributed by atoms with E-state index in [9.17, 15) is 19.7 Å². The van der Waals surface area contributed by atoms with Crippen LogP contribution in [0.4, 0.5) is 17.1 Å². The Labute approximate surface area is 199 Å². The molecule has 3 aromatic carbocycles. The molecule has 0 radical (unpaired) electrons. The van der Waals surface area contributed by atoms with Gasteiger partial charge in [-0.1, -0.05) is 12.1 Å². The summed E-state index contributed by atoms with van der Waals surface area (Å²) in [4.78, 5) is 37.0. The third kappa shape index (κ3) is 4.93. The van der Waals surface area contributed by atoms with Crippen molar-refractivity contribution < 1.29 is 33.5 Å². The number of benzene rings is 3. The lowest BCUT2D eigenvalue weighted by molar-refractivity contribution is -0.385. The van der Waals surface area contributed by atoms with E-state index in [-0.39, 0.29) is 41.7 Å². The van der Waals surface area contributed by atoms with Crippen molar-refractivity contribution in [3.8, 4) is 23.0 Å². The summed E-state index contributed by atoms with van der Waals surface area (Å²) >= 11 is 0. The average molecular weight is 479 g/mol. The molecule has 1 heterocycles. The molecule has 2 amide bonds. The summed E-state index contributed by atoms with van der Waals surface area (Å²) < 4.78 is 21.2. The second kappa shape index (κ2) is 10.00. The number of anilines is 2. The van der Waals surface area contributed by atoms with Crippen LogP contribution >= 0.6 is 0 Å². The summed E-state index contributed by atoms with van der Waals surface area (Å²) in [6.07, 6.45) is 0. The second-order valence-electron chi connectivity index (χ2n) is 7.23. The molecule has 35 heavy (non-hydrogen) atoms. The molecule has 0 atom stereocenters. The number of nitro groups is 1. The number of hydrogen-bond donors (Lipinski definition) is 2. The molecule has 0 saturated heterocycles. The standard InChI is InChI=1S/C24H21N3O8/c1-3-33-22-12-18(27(30)31)16(11-20(22)32-2)24(29)26-17-7-5-4-6-15(17)23(28)25-14-8-9-19-21(10-14)35-13-34-19/h4-12H,3,13H2,1-2H3,(H,25,28)(H,26,29). The minimum absolute atomic E-state index is 0.101. The molecule has 0 saturated carbocycles. The fraction of sp³-hybridized carbons (Fsp3) is 0.167. The predicted octanol–water partition coefficient (Wildman–Crippen LogP) is 4.24. The Morgan fingerprint density at radius 1 is 0.971 bits per heavy atom. The predicted molar refractivity (Wildman–Crippen MR) is 126 cm³/mol. The highest BCUT2D eigenvalue weighted by atomic mass is 16.7. The lowest BCUT2D eigenvalue weighted by Crippen LogP contribution is -2.19. The molecule has 11 heteroatoms. The van der Waals surface area contributed by atoms with Gasteiger partial charge in [0.1, 0.15) is 5.56 Å². The quantitative estimate of drug-likeness (QED) is 0.361. The van der Waals surface area contributed by atoms with E-state index in [0.717, 1.165) is 6.07 Å².